The molecule has 0 spiro atoms. The fraction of sp³-hybridized carbons (Fsp3) is 0.429. The first-order valence-electron chi connectivity index (χ1n) is 6.30. The van der Waals surface area contributed by atoms with E-state index in [1.54, 1.807) is 19.1 Å². The van der Waals surface area contributed by atoms with E-state index in [2.05, 4.69) is 26.6 Å². The number of urea groups is 1. The normalized spacial score (nSPS) is 13.2. The van der Waals surface area contributed by atoms with Gasteiger partial charge in [0, 0.05) is 12.6 Å². The Morgan fingerprint density at radius 3 is 2.80 bits per heavy atom. The molecule has 1 aromatic rings. The molecule has 0 aromatic heterocycles. The summed E-state index contributed by atoms with van der Waals surface area (Å²) < 4.78 is 13.5. The molecule has 0 bridgehead atoms. The molecular weight excluding hydrogens is 325 g/mol. The maximum atomic E-state index is 13.1. The minimum Gasteiger partial charge on any atom is -0.337 e. The average molecular weight is 342 g/mol. The molecule has 0 heterocycles. The van der Waals surface area contributed by atoms with Gasteiger partial charge >= 0.3 is 6.03 Å². The number of carbonyl (C=O) groups is 1. The number of amides is 2. The summed E-state index contributed by atoms with van der Waals surface area (Å²) in [6.45, 7) is 3.92. The Balaban J connectivity index is 2.43. The molecule has 1 aromatic carbocycles. The second-order valence-corrected chi connectivity index (χ2v) is 5.59. The van der Waals surface area contributed by atoms with E-state index in [9.17, 15) is 9.18 Å². The van der Waals surface area contributed by atoms with E-state index in [0.717, 1.165) is 5.56 Å². The highest BCUT2D eigenvalue weighted by Crippen LogP contribution is 2.17. The molecule has 0 aliphatic carbocycles. The summed E-state index contributed by atoms with van der Waals surface area (Å²) in [4.78, 5) is 11.6. The van der Waals surface area contributed by atoms with Gasteiger partial charge in [-0.2, -0.15) is 5.26 Å². The van der Waals surface area contributed by atoms with Crippen molar-refractivity contribution < 1.29 is 9.18 Å². The van der Waals surface area contributed by atoms with E-state index in [0.29, 0.717) is 17.4 Å². The zero-order valence-electron chi connectivity index (χ0n) is 11.4. The number of carbonyl (C=O) groups excluding carboxylic acids is 1. The van der Waals surface area contributed by atoms with Crippen molar-refractivity contribution in [3.8, 4) is 6.07 Å². The van der Waals surface area contributed by atoms with Gasteiger partial charge in [0.15, 0.2) is 0 Å². The minimum atomic E-state index is -0.308. The summed E-state index contributed by atoms with van der Waals surface area (Å²) in [6, 6.07) is 6.42. The van der Waals surface area contributed by atoms with Crippen LogP contribution in [0.5, 0.6) is 0 Å². The summed E-state index contributed by atoms with van der Waals surface area (Å²) in [7, 11) is 0. The molecule has 20 heavy (non-hydrogen) atoms. The summed E-state index contributed by atoms with van der Waals surface area (Å²) in [6.07, 6.45) is 0.597. The third-order valence-electron chi connectivity index (χ3n) is 2.69. The molecule has 108 valence electrons. The number of hydrogen-bond acceptors (Lipinski definition) is 2. The smallest absolute Gasteiger partial charge is 0.315 e. The first-order chi connectivity index (χ1) is 9.42. The molecule has 0 radical (unpaired) electrons. The Morgan fingerprint density at radius 1 is 1.50 bits per heavy atom. The van der Waals surface area contributed by atoms with Gasteiger partial charge in [-0.05, 0) is 53.9 Å². The summed E-state index contributed by atoms with van der Waals surface area (Å²) in [5.74, 6) is -0.526. The van der Waals surface area contributed by atoms with Gasteiger partial charge in [-0.15, -0.1) is 0 Å². The highest BCUT2D eigenvalue weighted by molar-refractivity contribution is 9.10. The first kappa shape index (κ1) is 16.4. The van der Waals surface area contributed by atoms with E-state index in [1.807, 2.05) is 13.0 Å². The average Bonchev–Trinajstić information content (AvgIpc) is 2.40. The van der Waals surface area contributed by atoms with E-state index in [4.69, 9.17) is 5.26 Å². The molecule has 0 saturated carbocycles. The molecule has 2 atom stereocenters. The van der Waals surface area contributed by atoms with Crippen molar-refractivity contribution >= 4 is 22.0 Å². The summed E-state index contributed by atoms with van der Waals surface area (Å²) >= 11 is 3.13. The maximum Gasteiger partial charge on any atom is 0.315 e. The number of nitrogens with one attached hydrogen (secondary N) is 2. The molecule has 2 amide bonds. The van der Waals surface area contributed by atoms with Crippen LogP contribution in [-0.4, -0.2) is 18.6 Å². The lowest BCUT2D eigenvalue weighted by Crippen LogP contribution is -2.42. The van der Waals surface area contributed by atoms with Gasteiger partial charge in [0.25, 0.3) is 0 Å². The fourth-order valence-corrected chi connectivity index (χ4v) is 2.06. The van der Waals surface area contributed by atoms with Crippen LogP contribution in [0.25, 0.3) is 0 Å². The van der Waals surface area contributed by atoms with E-state index >= 15 is 0 Å². The van der Waals surface area contributed by atoms with Gasteiger partial charge in [0.1, 0.15) is 5.82 Å². The van der Waals surface area contributed by atoms with Gasteiger partial charge in [-0.3, -0.25) is 0 Å². The van der Waals surface area contributed by atoms with Crippen molar-refractivity contribution in [2.24, 2.45) is 5.92 Å². The van der Waals surface area contributed by atoms with E-state index < -0.39 is 0 Å². The molecule has 0 fully saturated rings. The quantitative estimate of drug-likeness (QED) is 0.864. The molecular formula is C14H17BrFN3O. The molecule has 2 N–H and O–H groups in total. The van der Waals surface area contributed by atoms with Crippen molar-refractivity contribution in [1.29, 1.82) is 5.26 Å². The van der Waals surface area contributed by atoms with Crippen molar-refractivity contribution in [2.45, 2.75) is 26.3 Å². The standard InChI is InChI=1S/C14H17BrFN3O/c1-9(7-17)8-18-14(20)19-10(2)5-11-3-4-13(16)12(15)6-11/h3-4,6,9-10H,5,8H2,1-2H3,(H2,18,19,20)/t9-,10+/m0/s1. The lowest BCUT2D eigenvalue weighted by molar-refractivity contribution is 0.237. The van der Waals surface area contributed by atoms with Gasteiger partial charge in [-0.1, -0.05) is 6.07 Å². The molecule has 0 aliphatic rings. The zero-order chi connectivity index (χ0) is 15.1. The minimum absolute atomic E-state index is 0.0928. The van der Waals surface area contributed by atoms with Crippen LogP contribution in [0.1, 0.15) is 19.4 Å². The third-order valence-corrected chi connectivity index (χ3v) is 3.30. The van der Waals surface area contributed by atoms with Gasteiger partial charge in [0.05, 0.1) is 16.5 Å². The van der Waals surface area contributed by atoms with Crippen LogP contribution in [0.2, 0.25) is 0 Å². The lowest BCUT2D eigenvalue weighted by Gasteiger charge is -2.15. The number of rotatable bonds is 5. The second kappa shape index (κ2) is 7.85. The fourth-order valence-electron chi connectivity index (χ4n) is 1.64. The van der Waals surface area contributed by atoms with Crippen molar-refractivity contribution in [3.63, 3.8) is 0 Å². The van der Waals surface area contributed by atoms with Crippen molar-refractivity contribution in [1.82, 2.24) is 10.6 Å². The summed E-state index contributed by atoms with van der Waals surface area (Å²) in [5.41, 5.74) is 0.927. The molecule has 4 nitrogen and oxygen atoms in total. The second-order valence-electron chi connectivity index (χ2n) is 4.74. The van der Waals surface area contributed by atoms with Crippen LogP contribution in [0.15, 0.2) is 22.7 Å². The third kappa shape index (κ3) is 5.57. The summed E-state index contributed by atoms with van der Waals surface area (Å²) in [5, 5.41) is 14.0. The molecule has 1 rings (SSSR count). The lowest BCUT2D eigenvalue weighted by atomic mass is 10.1. The van der Waals surface area contributed by atoms with Crippen LogP contribution in [-0.2, 0) is 6.42 Å². The predicted molar refractivity (Wildman–Crippen MR) is 78.6 cm³/mol. The van der Waals surface area contributed by atoms with Crippen molar-refractivity contribution in [3.05, 3.63) is 34.1 Å². The molecule has 0 aliphatic heterocycles. The van der Waals surface area contributed by atoms with Crippen LogP contribution in [0, 0.1) is 23.1 Å². The maximum absolute atomic E-state index is 13.1. The van der Waals surface area contributed by atoms with E-state index in [1.165, 1.54) is 6.07 Å². The van der Waals surface area contributed by atoms with Crippen LogP contribution in [0.4, 0.5) is 9.18 Å². The first-order valence-corrected chi connectivity index (χ1v) is 7.09. The van der Waals surface area contributed by atoms with Gasteiger partial charge < -0.3 is 10.6 Å². The number of benzene rings is 1. The molecule has 0 unspecified atom stereocenters. The van der Waals surface area contributed by atoms with Gasteiger partial charge in [0.2, 0.25) is 0 Å². The Labute approximate surface area is 126 Å². The highest BCUT2D eigenvalue weighted by Gasteiger charge is 2.10. The van der Waals surface area contributed by atoms with Crippen molar-refractivity contribution in [2.75, 3.05) is 6.54 Å². The SMILES string of the molecule is C[C@H](Cc1ccc(F)c(Br)c1)NC(=O)NC[C@@H](C)C#N. The van der Waals surface area contributed by atoms with Crippen LogP contribution in [0.3, 0.4) is 0 Å². The largest absolute Gasteiger partial charge is 0.337 e. The van der Waals surface area contributed by atoms with Crippen LogP contribution < -0.4 is 10.6 Å². The Morgan fingerprint density at radius 2 is 2.20 bits per heavy atom. The Kier molecular flexibility index (Phi) is 6.46. The van der Waals surface area contributed by atoms with Crippen LogP contribution >= 0.6 is 15.9 Å². The monoisotopic (exact) mass is 341 g/mol. The van der Waals surface area contributed by atoms with Gasteiger partial charge in [-0.25, -0.2) is 9.18 Å². The van der Waals surface area contributed by atoms with E-state index in [-0.39, 0.29) is 23.8 Å². The molecule has 0 saturated heterocycles. The number of halogens is 2. The highest BCUT2D eigenvalue weighted by atomic mass is 79.9. The Hall–Kier alpha value is -1.61. The number of nitriles is 1. The predicted octanol–water partition coefficient (Wildman–Crippen LogP) is 2.98. The number of nitrogens with zero attached hydrogens (tertiary/aromatic N) is 1. The topological polar surface area (TPSA) is 64.9 Å². The Bertz CT molecular complexity index is 516. The number of hydrogen-bond donors (Lipinski definition) is 2. The zero-order valence-corrected chi connectivity index (χ0v) is 13.0. The molecule has 6 heteroatoms.